The minimum Gasteiger partial charge on any atom is -0.480 e. The second-order valence-corrected chi connectivity index (χ2v) is 4.70. The molecule has 0 saturated heterocycles. The molecule has 0 aliphatic heterocycles. The molecule has 1 heterocycles. The van der Waals surface area contributed by atoms with Crippen molar-refractivity contribution >= 4 is 17.6 Å². The monoisotopic (exact) mass is 282 g/mol. The summed E-state index contributed by atoms with van der Waals surface area (Å²) >= 11 is 0. The molecule has 2 unspecified atom stereocenters. The molecule has 112 valence electrons. The fourth-order valence-electron chi connectivity index (χ4n) is 1.63. The molecule has 1 rings (SSSR count). The molecule has 0 bridgehead atoms. The molecule has 1 aromatic rings. The number of carboxylic acids is 1. The number of aliphatic carboxylic acids is 1. The van der Waals surface area contributed by atoms with E-state index in [1.54, 1.807) is 13.0 Å². The lowest BCUT2D eigenvalue weighted by atomic mass is 10.1. The highest BCUT2D eigenvalue weighted by molar-refractivity contribution is 5.76. The summed E-state index contributed by atoms with van der Waals surface area (Å²) in [4.78, 5) is 19.2. The third-order valence-corrected chi connectivity index (χ3v) is 2.71. The predicted molar refractivity (Wildman–Crippen MR) is 76.8 cm³/mol. The summed E-state index contributed by atoms with van der Waals surface area (Å²) in [7, 11) is 0. The molecule has 0 saturated carbocycles. The normalized spacial score (nSPS) is 13.6. The zero-order chi connectivity index (χ0) is 15.0. The van der Waals surface area contributed by atoms with E-state index in [-0.39, 0.29) is 0 Å². The molecule has 2 atom stereocenters. The number of aromatic nitrogens is 2. The molecule has 7 nitrogen and oxygen atoms in total. The smallest absolute Gasteiger partial charge is 0.326 e. The summed E-state index contributed by atoms with van der Waals surface area (Å²) in [5.41, 5.74) is 0. The first-order chi connectivity index (χ1) is 9.52. The number of aliphatic hydroxyl groups is 1. The number of anilines is 2. The molecule has 0 radical (unpaired) electrons. The third-order valence-electron chi connectivity index (χ3n) is 2.71. The zero-order valence-electron chi connectivity index (χ0n) is 11.8. The van der Waals surface area contributed by atoms with Crippen LogP contribution in [0.3, 0.4) is 0 Å². The summed E-state index contributed by atoms with van der Waals surface area (Å²) in [6.07, 6.45) is 3.19. The lowest BCUT2D eigenvalue weighted by Crippen LogP contribution is -2.29. The van der Waals surface area contributed by atoms with Gasteiger partial charge in [0.15, 0.2) is 0 Å². The number of nitrogens with one attached hydrogen (secondary N) is 2. The molecular weight excluding hydrogens is 260 g/mol. The standard InChI is InChI=1S/C13H22N4O3/c1-3-4-5-10(13(19)20)17-12-6-11(15-8-16-12)14-7-9(2)18/h6,8-10,18H,3-5,7H2,1-2H3,(H,19,20)(H2,14,15,16,17). The summed E-state index contributed by atoms with van der Waals surface area (Å²) in [6, 6.07) is 0.971. The molecular formula is C13H22N4O3. The summed E-state index contributed by atoms with van der Waals surface area (Å²) in [6.45, 7) is 4.05. The van der Waals surface area contributed by atoms with Crippen LogP contribution in [0.4, 0.5) is 11.6 Å². The summed E-state index contributed by atoms with van der Waals surface area (Å²) < 4.78 is 0. The Hall–Kier alpha value is -1.89. The number of hydrogen-bond donors (Lipinski definition) is 4. The van der Waals surface area contributed by atoms with Gasteiger partial charge in [0.2, 0.25) is 0 Å². The molecule has 0 fully saturated rings. The van der Waals surface area contributed by atoms with Crippen LogP contribution >= 0.6 is 0 Å². The quantitative estimate of drug-likeness (QED) is 0.541. The molecule has 7 heteroatoms. The van der Waals surface area contributed by atoms with Crippen LogP contribution in [0.5, 0.6) is 0 Å². The minimum atomic E-state index is -0.893. The van der Waals surface area contributed by atoms with Crippen molar-refractivity contribution in [3.8, 4) is 0 Å². The van der Waals surface area contributed by atoms with Gasteiger partial charge in [-0.1, -0.05) is 19.8 Å². The Kier molecular flexibility index (Phi) is 6.72. The van der Waals surface area contributed by atoms with E-state index >= 15 is 0 Å². The van der Waals surface area contributed by atoms with Crippen molar-refractivity contribution in [1.29, 1.82) is 0 Å². The highest BCUT2D eigenvalue weighted by Gasteiger charge is 2.17. The van der Waals surface area contributed by atoms with Gasteiger partial charge in [0, 0.05) is 12.6 Å². The lowest BCUT2D eigenvalue weighted by Gasteiger charge is -2.15. The van der Waals surface area contributed by atoms with Crippen molar-refractivity contribution in [3.05, 3.63) is 12.4 Å². The number of unbranched alkanes of at least 4 members (excludes halogenated alkanes) is 1. The Morgan fingerprint density at radius 1 is 1.40 bits per heavy atom. The van der Waals surface area contributed by atoms with Gasteiger partial charge in [-0.2, -0.15) is 0 Å². The fraction of sp³-hybridized carbons (Fsp3) is 0.615. The average molecular weight is 282 g/mol. The molecule has 1 aromatic heterocycles. The van der Waals surface area contributed by atoms with Gasteiger partial charge in [0.25, 0.3) is 0 Å². The highest BCUT2D eigenvalue weighted by Crippen LogP contribution is 2.12. The third kappa shape index (κ3) is 5.83. The maximum atomic E-state index is 11.2. The molecule has 4 N–H and O–H groups in total. The van der Waals surface area contributed by atoms with Gasteiger partial charge in [-0.3, -0.25) is 0 Å². The van der Waals surface area contributed by atoms with Crippen molar-refractivity contribution in [2.24, 2.45) is 0 Å². The van der Waals surface area contributed by atoms with Crippen LogP contribution < -0.4 is 10.6 Å². The van der Waals surface area contributed by atoms with E-state index in [1.807, 2.05) is 6.92 Å². The summed E-state index contributed by atoms with van der Waals surface area (Å²) in [5.74, 6) is 0.107. The maximum absolute atomic E-state index is 11.2. The van der Waals surface area contributed by atoms with Crippen molar-refractivity contribution in [1.82, 2.24) is 9.97 Å². The molecule has 20 heavy (non-hydrogen) atoms. The predicted octanol–water partition coefficient (Wildman–Crippen LogP) is 1.32. The highest BCUT2D eigenvalue weighted by atomic mass is 16.4. The van der Waals surface area contributed by atoms with Crippen molar-refractivity contribution in [3.63, 3.8) is 0 Å². The number of rotatable bonds is 9. The van der Waals surface area contributed by atoms with Crippen LogP contribution in [-0.4, -0.2) is 44.8 Å². The Morgan fingerprint density at radius 3 is 2.70 bits per heavy atom. The minimum absolute atomic E-state index is 0.370. The Bertz CT molecular complexity index is 426. The van der Waals surface area contributed by atoms with Crippen LogP contribution in [0, 0.1) is 0 Å². The van der Waals surface area contributed by atoms with Gasteiger partial charge >= 0.3 is 5.97 Å². The van der Waals surface area contributed by atoms with E-state index in [0.29, 0.717) is 24.6 Å². The van der Waals surface area contributed by atoms with Gasteiger partial charge < -0.3 is 20.8 Å². The van der Waals surface area contributed by atoms with Crippen LogP contribution in [-0.2, 0) is 4.79 Å². The van der Waals surface area contributed by atoms with E-state index in [0.717, 1.165) is 12.8 Å². The number of carboxylic acid groups (broad SMARTS) is 1. The lowest BCUT2D eigenvalue weighted by molar-refractivity contribution is -0.138. The Labute approximate surface area is 118 Å². The largest absolute Gasteiger partial charge is 0.480 e. The SMILES string of the molecule is CCCCC(Nc1cc(NCC(C)O)ncn1)C(=O)O. The first-order valence-electron chi connectivity index (χ1n) is 6.76. The number of aliphatic hydroxyl groups excluding tert-OH is 1. The van der Waals surface area contributed by atoms with Gasteiger partial charge in [-0.15, -0.1) is 0 Å². The second kappa shape index (κ2) is 8.31. The van der Waals surface area contributed by atoms with Gasteiger partial charge in [-0.05, 0) is 13.3 Å². The van der Waals surface area contributed by atoms with Gasteiger partial charge in [-0.25, -0.2) is 14.8 Å². The van der Waals surface area contributed by atoms with Gasteiger partial charge in [0.1, 0.15) is 24.0 Å². The maximum Gasteiger partial charge on any atom is 0.326 e. The van der Waals surface area contributed by atoms with Crippen molar-refractivity contribution in [2.75, 3.05) is 17.2 Å². The molecule has 0 aromatic carbocycles. The molecule has 0 aliphatic carbocycles. The van der Waals surface area contributed by atoms with Gasteiger partial charge in [0.05, 0.1) is 6.10 Å². The van der Waals surface area contributed by atoms with E-state index in [4.69, 9.17) is 5.11 Å². The second-order valence-electron chi connectivity index (χ2n) is 4.70. The van der Waals surface area contributed by atoms with Crippen LogP contribution in [0.2, 0.25) is 0 Å². The van der Waals surface area contributed by atoms with Crippen LogP contribution in [0.1, 0.15) is 33.1 Å². The van der Waals surface area contributed by atoms with E-state index < -0.39 is 18.1 Å². The zero-order valence-corrected chi connectivity index (χ0v) is 11.8. The fourth-order valence-corrected chi connectivity index (χ4v) is 1.63. The molecule has 0 aliphatic rings. The molecule has 0 amide bonds. The Balaban J connectivity index is 2.65. The van der Waals surface area contributed by atoms with Crippen molar-refractivity contribution < 1.29 is 15.0 Å². The van der Waals surface area contributed by atoms with Crippen molar-refractivity contribution in [2.45, 2.75) is 45.3 Å². The van der Waals surface area contributed by atoms with E-state index in [9.17, 15) is 9.90 Å². The average Bonchev–Trinajstić information content (AvgIpc) is 2.41. The molecule has 0 spiro atoms. The van der Waals surface area contributed by atoms with E-state index in [1.165, 1.54) is 6.33 Å². The first kappa shape index (κ1) is 16.2. The van der Waals surface area contributed by atoms with E-state index in [2.05, 4.69) is 20.6 Å². The number of nitrogens with zero attached hydrogens (tertiary/aromatic N) is 2. The summed E-state index contributed by atoms with van der Waals surface area (Å²) in [5, 5.41) is 24.2. The number of carbonyl (C=O) groups is 1. The van der Waals surface area contributed by atoms with Crippen LogP contribution in [0.15, 0.2) is 12.4 Å². The van der Waals surface area contributed by atoms with Crippen LogP contribution in [0.25, 0.3) is 0 Å². The number of hydrogen-bond acceptors (Lipinski definition) is 6. The topological polar surface area (TPSA) is 107 Å². The Morgan fingerprint density at radius 2 is 2.10 bits per heavy atom. The first-order valence-corrected chi connectivity index (χ1v) is 6.76.